The Morgan fingerprint density at radius 2 is 1.87 bits per heavy atom. The summed E-state index contributed by atoms with van der Waals surface area (Å²) in [5.41, 5.74) is 3.03. The third-order valence-corrected chi connectivity index (χ3v) is 3.21. The van der Waals surface area contributed by atoms with E-state index in [1.165, 1.54) is 7.11 Å². The van der Waals surface area contributed by atoms with Gasteiger partial charge in [0.25, 0.3) is 0 Å². The van der Waals surface area contributed by atoms with Gasteiger partial charge in [0.1, 0.15) is 0 Å². The Bertz CT molecular complexity index is 739. The van der Waals surface area contributed by atoms with Crippen molar-refractivity contribution in [1.29, 1.82) is 0 Å². The van der Waals surface area contributed by atoms with Crippen molar-refractivity contribution in [1.82, 2.24) is 5.32 Å². The van der Waals surface area contributed by atoms with Crippen LogP contribution in [0.3, 0.4) is 0 Å². The highest BCUT2D eigenvalue weighted by molar-refractivity contribution is 5.94. The predicted octanol–water partition coefficient (Wildman–Crippen LogP) is 3.57. The summed E-state index contributed by atoms with van der Waals surface area (Å²) < 4.78 is 4.64. The molecule has 2 N–H and O–H groups in total. The van der Waals surface area contributed by atoms with Gasteiger partial charge in [0, 0.05) is 11.9 Å². The molecule has 0 aliphatic carbocycles. The number of nitrogens with one attached hydrogen (secondary N) is 2. The first-order chi connectivity index (χ1) is 11.1. The summed E-state index contributed by atoms with van der Waals surface area (Å²) in [6.07, 6.45) is 3.39. The van der Waals surface area contributed by atoms with E-state index in [-0.39, 0.29) is 0 Å². The molecule has 0 bridgehead atoms. The minimum Gasteiger partial charge on any atom is -0.465 e. The third kappa shape index (κ3) is 4.71. The summed E-state index contributed by atoms with van der Waals surface area (Å²) in [4.78, 5) is 23.3. The molecule has 0 aromatic heterocycles. The van der Waals surface area contributed by atoms with Crippen LogP contribution in [-0.4, -0.2) is 19.1 Å². The van der Waals surface area contributed by atoms with Crippen LogP contribution < -0.4 is 10.6 Å². The molecule has 0 saturated heterocycles. The van der Waals surface area contributed by atoms with Crippen LogP contribution in [0.2, 0.25) is 0 Å². The number of methoxy groups -OCH3 is 1. The zero-order valence-electron chi connectivity index (χ0n) is 13.0. The van der Waals surface area contributed by atoms with Gasteiger partial charge in [0.05, 0.1) is 12.7 Å². The third-order valence-electron chi connectivity index (χ3n) is 3.21. The van der Waals surface area contributed by atoms with Crippen LogP contribution in [0.1, 0.15) is 21.5 Å². The molecule has 0 aliphatic rings. The van der Waals surface area contributed by atoms with Crippen molar-refractivity contribution in [3.05, 3.63) is 71.4 Å². The number of hydrogen-bond acceptors (Lipinski definition) is 3. The number of urea groups is 1. The van der Waals surface area contributed by atoms with Gasteiger partial charge in [-0.25, -0.2) is 9.59 Å². The van der Waals surface area contributed by atoms with E-state index in [1.807, 2.05) is 37.3 Å². The van der Waals surface area contributed by atoms with Gasteiger partial charge in [0.15, 0.2) is 0 Å². The second-order valence-corrected chi connectivity index (χ2v) is 4.86. The second kappa shape index (κ2) is 7.79. The summed E-state index contributed by atoms with van der Waals surface area (Å²) in [5.74, 6) is -0.450. The molecule has 0 atom stereocenters. The molecule has 0 spiro atoms. The molecule has 2 amide bonds. The minimum absolute atomic E-state index is 0.376. The van der Waals surface area contributed by atoms with E-state index in [9.17, 15) is 9.59 Å². The number of anilines is 1. The fourth-order valence-corrected chi connectivity index (χ4v) is 1.99. The Balaban J connectivity index is 1.95. The molecule has 2 rings (SSSR count). The molecule has 23 heavy (non-hydrogen) atoms. The molecule has 0 unspecified atom stereocenters. The van der Waals surface area contributed by atoms with Gasteiger partial charge in [-0.15, -0.1) is 0 Å². The van der Waals surface area contributed by atoms with Crippen LogP contribution in [-0.2, 0) is 4.74 Å². The number of carbonyl (C=O) groups is 2. The highest BCUT2D eigenvalue weighted by Gasteiger charge is 2.06. The molecule has 0 heterocycles. The lowest BCUT2D eigenvalue weighted by Crippen LogP contribution is -2.23. The molecule has 5 nitrogen and oxygen atoms in total. The van der Waals surface area contributed by atoms with Gasteiger partial charge in [-0.05, 0) is 42.3 Å². The van der Waals surface area contributed by atoms with Crippen molar-refractivity contribution in [2.24, 2.45) is 0 Å². The van der Waals surface area contributed by atoms with E-state index in [1.54, 1.807) is 30.5 Å². The maximum Gasteiger partial charge on any atom is 0.337 e. The fourth-order valence-electron chi connectivity index (χ4n) is 1.99. The zero-order chi connectivity index (χ0) is 16.7. The van der Waals surface area contributed by atoms with Gasteiger partial charge < -0.3 is 15.4 Å². The van der Waals surface area contributed by atoms with Gasteiger partial charge >= 0.3 is 12.0 Å². The van der Waals surface area contributed by atoms with E-state index in [0.29, 0.717) is 11.3 Å². The topological polar surface area (TPSA) is 67.4 Å². The van der Waals surface area contributed by atoms with Gasteiger partial charge in [-0.2, -0.15) is 0 Å². The first-order valence-electron chi connectivity index (χ1n) is 7.08. The first kappa shape index (κ1) is 16.3. The molecule has 0 fully saturated rings. The molecule has 0 aliphatic heterocycles. The molecule has 0 saturated carbocycles. The van der Waals surface area contributed by atoms with Crippen LogP contribution in [0.15, 0.2) is 54.7 Å². The maximum absolute atomic E-state index is 11.8. The van der Waals surface area contributed by atoms with E-state index in [2.05, 4.69) is 15.4 Å². The van der Waals surface area contributed by atoms with Crippen molar-refractivity contribution in [2.75, 3.05) is 12.4 Å². The molecule has 118 valence electrons. The van der Waals surface area contributed by atoms with Crippen LogP contribution in [0, 0.1) is 6.92 Å². The standard InChI is InChI=1S/C18H18N2O3/c1-13-6-3-4-7-14(13)10-11-19-18(22)20-16-9-5-8-15(12-16)17(21)23-2/h3-12H,1-2H3,(H2,19,20,22)/b11-10+. The molecule has 2 aromatic carbocycles. The van der Waals surface area contributed by atoms with Crippen molar-refractivity contribution in [3.63, 3.8) is 0 Å². The van der Waals surface area contributed by atoms with Crippen LogP contribution in [0.25, 0.3) is 6.08 Å². The molecule has 0 radical (unpaired) electrons. The number of aryl methyl sites for hydroxylation is 1. The number of benzene rings is 2. The predicted molar refractivity (Wildman–Crippen MR) is 90.1 cm³/mol. The highest BCUT2D eigenvalue weighted by atomic mass is 16.5. The summed E-state index contributed by atoms with van der Waals surface area (Å²) in [6.45, 7) is 2.00. The van der Waals surface area contributed by atoms with Gasteiger partial charge in [0.2, 0.25) is 0 Å². The minimum atomic E-state index is -0.450. The second-order valence-electron chi connectivity index (χ2n) is 4.86. The van der Waals surface area contributed by atoms with Crippen molar-refractivity contribution < 1.29 is 14.3 Å². The number of hydrogen-bond donors (Lipinski definition) is 2. The van der Waals surface area contributed by atoms with Crippen LogP contribution >= 0.6 is 0 Å². The summed E-state index contributed by atoms with van der Waals surface area (Å²) >= 11 is 0. The van der Waals surface area contributed by atoms with Crippen molar-refractivity contribution >= 4 is 23.8 Å². The zero-order valence-corrected chi connectivity index (χ0v) is 13.0. The fraction of sp³-hybridized carbons (Fsp3) is 0.111. The maximum atomic E-state index is 11.8. The van der Waals surface area contributed by atoms with Gasteiger partial charge in [-0.3, -0.25) is 0 Å². The summed E-state index contributed by atoms with van der Waals surface area (Å²) in [5, 5.41) is 5.28. The average molecular weight is 310 g/mol. The lowest BCUT2D eigenvalue weighted by atomic mass is 10.1. The Labute approximate surface area is 135 Å². The molecule has 5 heteroatoms. The molecular weight excluding hydrogens is 292 g/mol. The highest BCUT2D eigenvalue weighted by Crippen LogP contribution is 2.11. The largest absolute Gasteiger partial charge is 0.465 e. The molecular formula is C18H18N2O3. The van der Waals surface area contributed by atoms with Crippen LogP contribution in [0.4, 0.5) is 10.5 Å². The SMILES string of the molecule is COC(=O)c1cccc(NC(=O)N/C=C/c2ccccc2C)c1. The van der Waals surface area contributed by atoms with E-state index < -0.39 is 12.0 Å². The Hall–Kier alpha value is -3.08. The van der Waals surface area contributed by atoms with E-state index in [0.717, 1.165) is 11.1 Å². The van der Waals surface area contributed by atoms with Crippen molar-refractivity contribution in [2.45, 2.75) is 6.92 Å². The monoisotopic (exact) mass is 310 g/mol. The Morgan fingerprint density at radius 1 is 1.09 bits per heavy atom. The Kier molecular flexibility index (Phi) is 5.52. The molecule has 2 aromatic rings. The lowest BCUT2D eigenvalue weighted by Gasteiger charge is -2.06. The summed E-state index contributed by atoms with van der Waals surface area (Å²) in [6, 6.07) is 14.0. The number of amides is 2. The number of ether oxygens (including phenoxy) is 1. The quantitative estimate of drug-likeness (QED) is 0.848. The van der Waals surface area contributed by atoms with Crippen molar-refractivity contribution in [3.8, 4) is 0 Å². The first-order valence-corrected chi connectivity index (χ1v) is 7.08. The van der Waals surface area contributed by atoms with Gasteiger partial charge in [-0.1, -0.05) is 30.3 Å². The summed E-state index contributed by atoms with van der Waals surface area (Å²) in [7, 11) is 1.31. The number of rotatable bonds is 4. The number of carbonyl (C=O) groups excluding carboxylic acids is 2. The normalized spacial score (nSPS) is 10.3. The van der Waals surface area contributed by atoms with E-state index >= 15 is 0 Å². The Morgan fingerprint density at radius 3 is 2.61 bits per heavy atom. The number of esters is 1. The average Bonchev–Trinajstić information content (AvgIpc) is 2.56. The lowest BCUT2D eigenvalue weighted by molar-refractivity contribution is 0.0600. The van der Waals surface area contributed by atoms with Crippen LogP contribution in [0.5, 0.6) is 0 Å². The smallest absolute Gasteiger partial charge is 0.337 e. The van der Waals surface area contributed by atoms with E-state index in [4.69, 9.17) is 0 Å².